The fourth-order valence-corrected chi connectivity index (χ4v) is 2.06. The molecule has 0 radical (unpaired) electrons. The number of nitrogens with zero attached hydrogens (tertiary/aromatic N) is 3. The van der Waals surface area contributed by atoms with Crippen LogP contribution in [0.15, 0.2) is 42.5 Å². The lowest BCUT2D eigenvalue weighted by molar-refractivity contribution is -0.389. The van der Waals surface area contributed by atoms with Crippen LogP contribution in [0, 0.1) is 10.1 Å². The third-order valence-electron chi connectivity index (χ3n) is 3.34. The second-order valence-corrected chi connectivity index (χ2v) is 6.64. The van der Waals surface area contributed by atoms with Crippen molar-refractivity contribution in [2.24, 2.45) is 0 Å². The quantitative estimate of drug-likeness (QED) is 0.594. The molecule has 0 spiro atoms. The molecule has 0 aliphatic rings. The van der Waals surface area contributed by atoms with E-state index >= 15 is 0 Å². The number of ether oxygens (including phenoxy) is 1. The van der Waals surface area contributed by atoms with E-state index in [1.54, 1.807) is 43.5 Å². The van der Waals surface area contributed by atoms with Crippen LogP contribution >= 0.6 is 0 Å². The largest absolute Gasteiger partial charge is 0.443 e. The highest BCUT2D eigenvalue weighted by atomic mass is 16.6. The van der Waals surface area contributed by atoms with Gasteiger partial charge >= 0.3 is 11.9 Å². The van der Waals surface area contributed by atoms with E-state index in [9.17, 15) is 14.9 Å². The van der Waals surface area contributed by atoms with Gasteiger partial charge in [-0.2, -0.15) is 0 Å². The van der Waals surface area contributed by atoms with Crippen LogP contribution in [0.25, 0.3) is 12.2 Å². The van der Waals surface area contributed by atoms with E-state index < -0.39 is 16.6 Å². The zero-order chi connectivity index (χ0) is 19.3. The molecule has 0 saturated heterocycles. The third-order valence-corrected chi connectivity index (χ3v) is 3.34. The van der Waals surface area contributed by atoms with E-state index in [1.807, 2.05) is 32.9 Å². The SMILES string of the molecule is CN(C(=O)OC(C)(C)C)c1ccc(/C=C/c2cccc([N+](=O)[O-])n2)cc1. The normalized spacial score (nSPS) is 11.4. The van der Waals surface area contributed by atoms with Crippen LogP contribution in [-0.4, -0.2) is 28.6 Å². The zero-order valence-corrected chi connectivity index (χ0v) is 15.2. The van der Waals surface area contributed by atoms with Crippen molar-refractivity contribution >= 4 is 29.8 Å². The molecule has 1 heterocycles. The molecule has 0 unspecified atom stereocenters. The maximum atomic E-state index is 12.1. The van der Waals surface area contributed by atoms with Crippen molar-refractivity contribution < 1.29 is 14.5 Å². The Labute approximate surface area is 152 Å². The van der Waals surface area contributed by atoms with Gasteiger partial charge < -0.3 is 14.9 Å². The van der Waals surface area contributed by atoms with Crippen LogP contribution in [-0.2, 0) is 4.74 Å². The van der Waals surface area contributed by atoms with Crippen LogP contribution in [0.2, 0.25) is 0 Å². The van der Waals surface area contributed by atoms with Crippen molar-refractivity contribution in [3.8, 4) is 0 Å². The lowest BCUT2D eigenvalue weighted by Crippen LogP contribution is -2.34. The van der Waals surface area contributed by atoms with Crippen molar-refractivity contribution in [1.82, 2.24) is 4.98 Å². The number of pyridine rings is 1. The summed E-state index contributed by atoms with van der Waals surface area (Å²) in [4.78, 5) is 27.7. The highest BCUT2D eigenvalue weighted by Gasteiger charge is 2.20. The molecule has 1 aromatic heterocycles. The summed E-state index contributed by atoms with van der Waals surface area (Å²) >= 11 is 0. The predicted molar refractivity (Wildman–Crippen MR) is 101 cm³/mol. The molecule has 0 aliphatic carbocycles. The van der Waals surface area contributed by atoms with Gasteiger partial charge in [-0.15, -0.1) is 0 Å². The molecule has 7 nitrogen and oxygen atoms in total. The van der Waals surface area contributed by atoms with Gasteiger partial charge in [0.25, 0.3) is 0 Å². The standard InChI is InChI=1S/C19H21N3O4/c1-19(2,3)26-18(23)21(4)16-12-9-14(10-13-16)8-11-15-6-5-7-17(20-15)22(24)25/h5-13H,1-4H3/b11-8+. The second-order valence-electron chi connectivity index (χ2n) is 6.64. The Morgan fingerprint density at radius 1 is 1.15 bits per heavy atom. The Morgan fingerprint density at radius 3 is 2.38 bits per heavy atom. The summed E-state index contributed by atoms with van der Waals surface area (Å²) in [6.45, 7) is 5.44. The maximum Gasteiger partial charge on any atom is 0.414 e. The first-order valence-electron chi connectivity index (χ1n) is 8.02. The summed E-state index contributed by atoms with van der Waals surface area (Å²) in [5, 5.41) is 10.7. The van der Waals surface area contributed by atoms with E-state index in [-0.39, 0.29) is 5.82 Å². The van der Waals surface area contributed by atoms with Gasteiger partial charge in [-0.1, -0.05) is 18.2 Å². The number of anilines is 1. The molecule has 1 amide bonds. The predicted octanol–water partition coefficient (Wildman–Crippen LogP) is 4.53. The number of carbonyl (C=O) groups is 1. The fraction of sp³-hybridized carbons (Fsp3) is 0.263. The van der Waals surface area contributed by atoms with Crippen LogP contribution < -0.4 is 4.90 Å². The number of carbonyl (C=O) groups excluding carboxylic acids is 1. The minimum atomic E-state index is -0.556. The van der Waals surface area contributed by atoms with Crippen LogP contribution in [0.1, 0.15) is 32.0 Å². The molecule has 1 aromatic carbocycles. The molecule has 0 atom stereocenters. The van der Waals surface area contributed by atoms with Gasteiger partial charge in [0.05, 0.1) is 0 Å². The van der Waals surface area contributed by atoms with Gasteiger partial charge in [0.15, 0.2) is 5.69 Å². The summed E-state index contributed by atoms with van der Waals surface area (Å²) in [7, 11) is 1.64. The van der Waals surface area contributed by atoms with E-state index in [4.69, 9.17) is 4.74 Å². The molecule has 26 heavy (non-hydrogen) atoms. The maximum absolute atomic E-state index is 12.1. The van der Waals surface area contributed by atoms with Gasteiger partial charge in [-0.25, -0.2) is 4.79 Å². The zero-order valence-electron chi connectivity index (χ0n) is 15.2. The van der Waals surface area contributed by atoms with Crippen molar-refractivity contribution in [3.05, 3.63) is 63.8 Å². The molecule has 0 bridgehead atoms. The van der Waals surface area contributed by atoms with Crippen LogP contribution in [0.5, 0.6) is 0 Å². The van der Waals surface area contributed by atoms with Crippen LogP contribution in [0.3, 0.4) is 0 Å². The van der Waals surface area contributed by atoms with Crippen molar-refractivity contribution in [1.29, 1.82) is 0 Å². The lowest BCUT2D eigenvalue weighted by Gasteiger charge is -2.24. The molecular weight excluding hydrogens is 334 g/mol. The fourth-order valence-electron chi connectivity index (χ4n) is 2.06. The first kappa shape index (κ1) is 19.1. The second kappa shape index (κ2) is 7.77. The smallest absolute Gasteiger partial charge is 0.414 e. The summed E-state index contributed by atoms with van der Waals surface area (Å²) < 4.78 is 5.33. The first-order valence-corrected chi connectivity index (χ1v) is 8.02. The number of rotatable bonds is 4. The Balaban J connectivity index is 2.08. The van der Waals surface area contributed by atoms with Gasteiger partial charge in [0, 0.05) is 18.8 Å². The average molecular weight is 355 g/mol. The molecule has 2 rings (SSSR count). The third kappa shape index (κ3) is 5.41. The van der Waals surface area contributed by atoms with E-state index in [2.05, 4.69) is 4.98 Å². The minimum Gasteiger partial charge on any atom is -0.443 e. The number of hydrogen-bond donors (Lipinski definition) is 0. The molecule has 0 fully saturated rings. The number of benzene rings is 1. The number of hydrogen-bond acceptors (Lipinski definition) is 5. The Morgan fingerprint density at radius 2 is 1.81 bits per heavy atom. The molecule has 0 N–H and O–H groups in total. The monoisotopic (exact) mass is 355 g/mol. The number of aromatic nitrogens is 1. The Kier molecular flexibility index (Phi) is 5.71. The average Bonchev–Trinajstić information content (AvgIpc) is 2.58. The van der Waals surface area contributed by atoms with E-state index in [1.165, 1.54) is 11.0 Å². The molecule has 2 aromatic rings. The highest BCUT2D eigenvalue weighted by Crippen LogP contribution is 2.19. The van der Waals surface area contributed by atoms with E-state index in [0.29, 0.717) is 11.4 Å². The van der Waals surface area contributed by atoms with Crippen molar-refractivity contribution in [3.63, 3.8) is 0 Å². The van der Waals surface area contributed by atoms with Crippen molar-refractivity contribution in [2.75, 3.05) is 11.9 Å². The number of amides is 1. The Bertz CT molecular complexity index is 823. The first-order chi connectivity index (χ1) is 12.2. The summed E-state index contributed by atoms with van der Waals surface area (Å²) in [6.07, 6.45) is 3.06. The van der Waals surface area contributed by atoms with Crippen LogP contribution in [0.4, 0.5) is 16.3 Å². The lowest BCUT2D eigenvalue weighted by atomic mass is 10.1. The van der Waals surface area contributed by atoms with Crippen molar-refractivity contribution in [2.45, 2.75) is 26.4 Å². The van der Waals surface area contributed by atoms with Gasteiger partial charge in [-0.05, 0) is 66.6 Å². The molecular formula is C19H21N3O4. The summed E-state index contributed by atoms with van der Waals surface area (Å²) in [5.74, 6) is -0.193. The Hall–Kier alpha value is -3.22. The van der Waals surface area contributed by atoms with Gasteiger partial charge in [-0.3, -0.25) is 4.90 Å². The topological polar surface area (TPSA) is 85.6 Å². The number of nitro groups is 1. The summed E-state index contributed by atoms with van der Waals surface area (Å²) in [5.41, 5.74) is 1.51. The molecule has 0 saturated carbocycles. The van der Waals surface area contributed by atoms with Gasteiger partial charge in [0.1, 0.15) is 5.60 Å². The summed E-state index contributed by atoms with van der Waals surface area (Å²) in [6, 6.07) is 11.9. The molecule has 136 valence electrons. The minimum absolute atomic E-state index is 0.193. The van der Waals surface area contributed by atoms with E-state index in [0.717, 1.165) is 5.56 Å². The highest BCUT2D eigenvalue weighted by molar-refractivity contribution is 5.87. The molecule has 7 heteroatoms. The molecule has 0 aliphatic heterocycles. The van der Waals surface area contributed by atoms with Gasteiger partial charge in [0.2, 0.25) is 0 Å².